The lowest BCUT2D eigenvalue weighted by atomic mass is 9.94. The minimum Gasteiger partial charge on any atom is -0.361 e. The second-order valence-corrected chi connectivity index (χ2v) is 13.4. The maximum atomic E-state index is 14.3. The van der Waals surface area contributed by atoms with E-state index in [0.29, 0.717) is 6.42 Å². The Balaban J connectivity index is 1.28. The third-order valence-corrected chi connectivity index (χ3v) is 9.50. The Labute approximate surface area is 291 Å². The van der Waals surface area contributed by atoms with Crippen LogP contribution in [0.4, 0.5) is 0 Å². The van der Waals surface area contributed by atoms with Crippen molar-refractivity contribution in [2.24, 2.45) is 0 Å². The minimum absolute atomic E-state index is 0.159. The van der Waals surface area contributed by atoms with Gasteiger partial charge in [0.2, 0.25) is 17.7 Å². The van der Waals surface area contributed by atoms with Crippen LogP contribution in [-0.2, 0) is 43.2 Å². The zero-order chi connectivity index (χ0) is 35.1. The number of epoxide rings is 1. The number of hydrogen-bond acceptors (Lipinski definition) is 5. The molecule has 3 aromatic carbocycles. The molecule has 0 aliphatic carbocycles. The Morgan fingerprint density at radius 1 is 0.700 bits per heavy atom. The molecule has 0 saturated carbocycles. The van der Waals surface area contributed by atoms with Gasteiger partial charge in [-0.25, -0.2) is 0 Å². The molecule has 5 aromatic rings. The van der Waals surface area contributed by atoms with Crippen molar-refractivity contribution in [2.45, 2.75) is 82.5 Å². The molecule has 5 N–H and O–H groups in total. The molecule has 1 saturated heterocycles. The third-order valence-electron chi connectivity index (χ3n) is 9.50. The Morgan fingerprint density at radius 3 is 1.78 bits per heavy atom. The number of aromatic nitrogens is 2. The predicted molar refractivity (Wildman–Crippen MR) is 193 cm³/mol. The van der Waals surface area contributed by atoms with Gasteiger partial charge in [-0.05, 0) is 48.6 Å². The van der Waals surface area contributed by atoms with E-state index in [2.05, 4.69) is 32.8 Å². The molecule has 0 bridgehead atoms. The van der Waals surface area contributed by atoms with Gasteiger partial charge >= 0.3 is 0 Å². The van der Waals surface area contributed by atoms with Crippen LogP contribution in [-0.4, -0.2) is 63.8 Å². The van der Waals surface area contributed by atoms with Crippen LogP contribution in [0.15, 0.2) is 91.3 Å². The number of para-hydroxylation sites is 2. The number of hydrogen-bond donors (Lipinski definition) is 5. The molecule has 0 unspecified atom stereocenters. The molecule has 10 heteroatoms. The van der Waals surface area contributed by atoms with Gasteiger partial charge in [-0.1, -0.05) is 86.5 Å². The molecule has 1 fully saturated rings. The topological polar surface area (TPSA) is 148 Å². The molecule has 10 nitrogen and oxygen atoms in total. The molecule has 3 heterocycles. The summed E-state index contributed by atoms with van der Waals surface area (Å²) in [5, 5.41) is 10.8. The fourth-order valence-corrected chi connectivity index (χ4v) is 6.48. The predicted octanol–water partition coefficient (Wildman–Crippen LogP) is 5.07. The lowest BCUT2D eigenvalue weighted by Crippen LogP contribution is -2.58. The van der Waals surface area contributed by atoms with Gasteiger partial charge in [0, 0.05) is 53.5 Å². The van der Waals surface area contributed by atoms with Crippen molar-refractivity contribution in [3.8, 4) is 0 Å². The minimum atomic E-state index is -1.05. The lowest BCUT2D eigenvalue weighted by Gasteiger charge is -2.26. The van der Waals surface area contributed by atoms with Crippen molar-refractivity contribution in [3.05, 3.63) is 108 Å². The van der Waals surface area contributed by atoms with E-state index >= 15 is 0 Å². The zero-order valence-corrected chi connectivity index (χ0v) is 28.6. The SMILES string of the molecule is CCCCCC(=O)N[C@@H](Cc1c[nH]c2ccccc12)C(=O)N[C@@H](Cc1c[nH]c2ccccc12)C(=O)N[C@@H](Cc1ccccc1)C(=O)[C@@]1(C)CO1. The summed E-state index contributed by atoms with van der Waals surface area (Å²) in [6, 6.07) is 22.2. The summed E-state index contributed by atoms with van der Waals surface area (Å²) in [6.45, 7) is 4.08. The number of unbranched alkanes of at least 4 members (excludes halogenated alkanes) is 2. The number of carbonyl (C=O) groups excluding carboxylic acids is 4. The van der Waals surface area contributed by atoms with Crippen LogP contribution < -0.4 is 16.0 Å². The van der Waals surface area contributed by atoms with Gasteiger partial charge in [0.15, 0.2) is 5.78 Å². The fraction of sp³-hybridized carbons (Fsp3) is 0.350. The van der Waals surface area contributed by atoms with Gasteiger partial charge < -0.3 is 30.7 Å². The second kappa shape index (κ2) is 15.6. The molecule has 2 aromatic heterocycles. The number of ether oxygens (including phenoxy) is 1. The van der Waals surface area contributed by atoms with Crippen molar-refractivity contribution >= 4 is 45.3 Å². The number of ketones is 1. The zero-order valence-electron chi connectivity index (χ0n) is 28.6. The molecular formula is C40H45N5O5. The van der Waals surface area contributed by atoms with Crippen molar-refractivity contribution < 1.29 is 23.9 Å². The van der Waals surface area contributed by atoms with Gasteiger partial charge in [-0.15, -0.1) is 0 Å². The summed E-state index contributed by atoms with van der Waals surface area (Å²) in [5.41, 5.74) is 3.46. The number of carbonyl (C=O) groups is 4. The van der Waals surface area contributed by atoms with Crippen molar-refractivity contribution in [2.75, 3.05) is 6.61 Å². The van der Waals surface area contributed by atoms with E-state index < -0.39 is 35.5 Å². The quantitative estimate of drug-likeness (QED) is 0.0690. The summed E-state index contributed by atoms with van der Waals surface area (Å²) in [7, 11) is 0. The largest absolute Gasteiger partial charge is 0.361 e. The molecule has 6 rings (SSSR count). The van der Waals surface area contributed by atoms with Crippen LogP contribution >= 0.6 is 0 Å². The normalized spacial score (nSPS) is 17.2. The van der Waals surface area contributed by atoms with Crippen molar-refractivity contribution in [1.82, 2.24) is 25.9 Å². The smallest absolute Gasteiger partial charge is 0.243 e. The summed E-state index contributed by atoms with van der Waals surface area (Å²) in [5.74, 6) is -1.42. The maximum Gasteiger partial charge on any atom is 0.243 e. The molecule has 4 atom stereocenters. The van der Waals surface area contributed by atoms with Gasteiger partial charge in [0.05, 0.1) is 12.6 Å². The highest BCUT2D eigenvalue weighted by Gasteiger charge is 2.50. The molecular weight excluding hydrogens is 630 g/mol. The van der Waals surface area contributed by atoms with Gasteiger partial charge in [0.25, 0.3) is 0 Å². The first kappa shape index (κ1) is 34.6. The van der Waals surface area contributed by atoms with Crippen LogP contribution in [0.25, 0.3) is 21.8 Å². The highest BCUT2D eigenvalue weighted by molar-refractivity contribution is 5.99. The van der Waals surface area contributed by atoms with Crippen LogP contribution in [0.5, 0.6) is 0 Å². The summed E-state index contributed by atoms with van der Waals surface area (Å²) in [4.78, 5) is 61.8. The van der Waals surface area contributed by atoms with E-state index in [4.69, 9.17) is 4.74 Å². The average molecular weight is 676 g/mol. The number of H-pyrrole nitrogens is 2. The van der Waals surface area contributed by atoms with Crippen molar-refractivity contribution in [1.29, 1.82) is 0 Å². The van der Waals surface area contributed by atoms with E-state index in [1.54, 1.807) is 6.92 Å². The third kappa shape index (κ3) is 8.31. The summed E-state index contributed by atoms with van der Waals surface area (Å²) in [6.07, 6.45) is 7.24. The number of amides is 3. The Bertz CT molecular complexity index is 1960. The number of aromatic amines is 2. The summed E-state index contributed by atoms with van der Waals surface area (Å²) >= 11 is 0. The average Bonchev–Trinajstić information content (AvgIpc) is 3.55. The molecule has 260 valence electrons. The van der Waals surface area contributed by atoms with Crippen LogP contribution in [0.3, 0.4) is 0 Å². The number of Topliss-reactive ketones (excluding diaryl/α,β-unsaturated/α-hetero) is 1. The number of benzene rings is 3. The van der Waals surface area contributed by atoms with E-state index in [-0.39, 0.29) is 37.6 Å². The van der Waals surface area contributed by atoms with Crippen LogP contribution in [0, 0.1) is 0 Å². The number of fused-ring (bicyclic) bond motifs is 2. The van der Waals surface area contributed by atoms with Gasteiger partial charge in [-0.2, -0.15) is 0 Å². The van der Waals surface area contributed by atoms with E-state index in [1.165, 1.54) is 0 Å². The first-order valence-electron chi connectivity index (χ1n) is 17.5. The fourth-order valence-electron chi connectivity index (χ4n) is 6.48. The molecule has 50 heavy (non-hydrogen) atoms. The van der Waals surface area contributed by atoms with Crippen LogP contribution in [0.1, 0.15) is 56.2 Å². The van der Waals surface area contributed by atoms with E-state index in [9.17, 15) is 19.2 Å². The number of nitrogens with one attached hydrogen (secondary N) is 5. The van der Waals surface area contributed by atoms with E-state index in [0.717, 1.165) is 57.8 Å². The van der Waals surface area contributed by atoms with E-state index in [1.807, 2.05) is 91.3 Å². The number of rotatable bonds is 17. The molecule has 0 radical (unpaired) electrons. The van der Waals surface area contributed by atoms with Crippen molar-refractivity contribution in [3.63, 3.8) is 0 Å². The second-order valence-electron chi connectivity index (χ2n) is 13.4. The molecule has 1 aliphatic rings. The molecule has 1 aliphatic heterocycles. The van der Waals surface area contributed by atoms with Gasteiger partial charge in [0.1, 0.15) is 17.7 Å². The Morgan fingerprint density at radius 2 is 1.22 bits per heavy atom. The monoisotopic (exact) mass is 675 g/mol. The highest BCUT2D eigenvalue weighted by Crippen LogP contribution is 2.29. The Hall–Kier alpha value is -5.22. The maximum absolute atomic E-state index is 14.3. The van der Waals surface area contributed by atoms with Gasteiger partial charge in [-0.3, -0.25) is 19.2 Å². The standard InChI is InChI=1S/C40H45N5O5/c1-3-4-6-19-36(46)43-34(21-27-23-41-31-17-11-9-15-29(27)31)38(48)45-35(22-28-24-42-32-18-12-10-16-30(28)32)39(49)44-33(37(47)40(2)25-50-40)20-26-13-7-5-8-14-26/h5,7-18,23-24,33-35,41-42H,3-4,6,19-22,25H2,1-2H3,(H,43,46)(H,44,49)(H,45,48)/t33-,34-,35-,40+/m0/s1. The van der Waals surface area contributed by atoms with Crippen LogP contribution in [0.2, 0.25) is 0 Å². The first-order chi connectivity index (χ1) is 24.2. The lowest BCUT2D eigenvalue weighted by molar-refractivity contribution is -0.134. The highest BCUT2D eigenvalue weighted by atomic mass is 16.6. The summed E-state index contributed by atoms with van der Waals surface area (Å²) < 4.78 is 5.48. The molecule has 0 spiro atoms. The first-order valence-corrected chi connectivity index (χ1v) is 17.5. The Kier molecular flexibility index (Phi) is 10.8. The molecule has 3 amide bonds.